The molecule has 2 aliphatic rings. The average molecular weight is 310 g/mol. The Morgan fingerprint density at radius 1 is 1.14 bits per heavy atom. The number of thioether (sulfide) groups is 1. The lowest BCUT2D eigenvalue weighted by molar-refractivity contribution is 0.0978. The van der Waals surface area contributed by atoms with Crippen LogP contribution in [0.1, 0.15) is 27.5 Å². The van der Waals surface area contributed by atoms with E-state index in [2.05, 4.69) is 28.5 Å². The van der Waals surface area contributed by atoms with Gasteiger partial charge in [-0.25, -0.2) is 9.38 Å². The van der Waals surface area contributed by atoms with E-state index in [-0.39, 0.29) is 17.8 Å². The number of nitrogens with one attached hydrogen (secondary N) is 1. The smallest absolute Gasteiger partial charge is 0.257 e. The van der Waals surface area contributed by atoms with Crippen LogP contribution in [-0.4, -0.2) is 11.1 Å². The van der Waals surface area contributed by atoms with Gasteiger partial charge in [0.1, 0.15) is 11.9 Å². The largest absolute Gasteiger partial charge is 0.301 e. The number of halogens is 1. The van der Waals surface area contributed by atoms with Crippen LogP contribution in [-0.2, 0) is 0 Å². The van der Waals surface area contributed by atoms with Gasteiger partial charge in [0, 0.05) is 10.5 Å². The molecule has 0 bridgehead atoms. The van der Waals surface area contributed by atoms with E-state index in [9.17, 15) is 9.18 Å². The summed E-state index contributed by atoms with van der Waals surface area (Å²) in [5, 5.41) is 3.37. The molecule has 1 aliphatic carbocycles. The molecule has 5 heteroatoms. The summed E-state index contributed by atoms with van der Waals surface area (Å²) in [6.07, 6.45) is 2.10. The average Bonchev–Trinajstić information content (AvgIpc) is 3.05. The van der Waals surface area contributed by atoms with E-state index in [0.29, 0.717) is 10.7 Å². The first kappa shape index (κ1) is 13.3. The predicted octanol–water partition coefficient (Wildman–Crippen LogP) is 3.75. The first-order chi connectivity index (χ1) is 10.7. The van der Waals surface area contributed by atoms with Crippen molar-refractivity contribution in [2.45, 2.75) is 6.04 Å². The maximum absolute atomic E-state index is 12.9. The van der Waals surface area contributed by atoms with Crippen molar-refractivity contribution < 1.29 is 9.18 Å². The maximum atomic E-state index is 12.9. The predicted molar refractivity (Wildman–Crippen MR) is 86.1 cm³/mol. The zero-order valence-electron chi connectivity index (χ0n) is 11.4. The fourth-order valence-electron chi connectivity index (χ4n) is 2.58. The van der Waals surface area contributed by atoms with Crippen molar-refractivity contribution >= 4 is 28.9 Å². The van der Waals surface area contributed by atoms with Gasteiger partial charge >= 0.3 is 0 Å². The van der Waals surface area contributed by atoms with Gasteiger partial charge in [-0.1, -0.05) is 36.0 Å². The molecular weight excluding hydrogens is 299 g/mol. The fourth-order valence-corrected chi connectivity index (χ4v) is 3.58. The quantitative estimate of drug-likeness (QED) is 0.871. The van der Waals surface area contributed by atoms with Crippen LogP contribution in [0, 0.1) is 5.82 Å². The number of hydrogen-bond donors (Lipinski definition) is 1. The van der Waals surface area contributed by atoms with Gasteiger partial charge in [0.2, 0.25) is 0 Å². The molecule has 0 saturated heterocycles. The highest BCUT2D eigenvalue weighted by atomic mass is 32.2. The van der Waals surface area contributed by atoms with Gasteiger partial charge in [-0.15, -0.1) is 0 Å². The van der Waals surface area contributed by atoms with E-state index >= 15 is 0 Å². The summed E-state index contributed by atoms with van der Waals surface area (Å²) in [4.78, 5) is 17.8. The molecular formula is C17H11FN2OS. The number of aliphatic imine (C=N–C) groups is 1. The highest BCUT2D eigenvalue weighted by molar-refractivity contribution is 8.17. The Hall–Kier alpha value is -2.40. The summed E-state index contributed by atoms with van der Waals surface area (Å²) in [5.74, 6) is -0.638. The van der Waals surface area contributed by atoms with Gasteiger partial charge in [-0.2, -0.15) is 0 Å². The van der Waals surface area contributed by atoms with Gasteiger partial charge in [0.15, 0.2) is 5.17 Å². The third kappa shape index (κ3) is 2.23. The molecule has 1 aliphatic heterocycles. The Labute approximate surface area is 131 Å². The maximum Gasteiger partial charge on any atom is 0.257 e. The van der Waals surface area contributed by atoms with Crippen molar-refractivity contribution in [2.75, 3.05) is 0 Å². The summed E-state index contributed by atoms with van der Waals surface area (Å²) >= 11 is 1.47. The second kappa shape index (κ2) is 5.10. The van der Waals surface area contributed by atoms with Gasteiger partial charge in [0.05, 0.1) is 0 Å². The minimum Gasteiger partial charge on any atom is -0.301 e. The molecule has 4 rings (SSSR count). The number of hydrogen-bond acceptors (Lipinski definition) is 3. The van der Waals surface area contributed by atoms with Crippen molar-refractivity contribution in [2.24, 2.45) is 4.99 Å². The Morgan fingerprint density at radius 2 is 1.91 bits per heavy atom. The summed E-state index contributed by atoms with van der Waals surface area (Å²) < 4.78 is 12.9. The molecule has 108 valence electrons. The lowest BCUT2D eigenvalue weighted by atomic mass is 10.1. The number of nitrogens with zero attached hydrogens (tertiary/aromatic N) is 1. The van der Waals surface area contributed by atoms with Crippen molar-refractivity contribution in [3.8, 4) is 0 Å². The summed E-state index contributed by atoms with van der Waals surface area (Å²) in [7, 11) is 0. The van der Waals surface area contributed by atoms with Crippen LogP contribution < -0.4 is 5.32 Å². The van der Waals surface area contributed by atoms with Crippen molar-refractivity contribution in [3.63, 3.8) is 0 Å². The molecule has 1 amide bonds. The molecule has 2 aromatic rings. The highest BCUT2D eigenvalue weighted by Gasteiger charge is 2.32. The molecule has 2 aromatic carbocycles. The van der Waals surface area contributed by atoms with E-state index in [1.165, 1.54) is 41.6 Å². The topological polar surface area (TPSA) is 41.5 Å². The lowest BCUT2D eigenvalue weighted by Crippen LogP contribution is -2.27. The second-order valence-corrected chi connectivity index (χ2v) is 6.14. The Morgan fingerprint density at radius 3 is 2.73 bits per heavy atom. The van der Waals surface area contributed by atoms with Crippen LogP contribution in [0.3, 0.4) is 0 Å². The van der Waals surface area contributed by atoms with Crippen LogP contribution in [0.25, 0.3) is 6.08 Å². The Balaban J connectivity index is 1.53. The number of carbonyl (C=O) groups is 1. The molecule has 1 N–H and O–H groups in total. The zero-order chi connectivity index (χ0) is 15.1. The van der Waals surface area contributed by atoms with Crippen LogP contribution in [0.2, 0.25) is 0 Å². The SMILES string of the molecule is O=C(NC1=NC2C(=Cc3ccccc32)S1)c1ccc(F)cc1. The molecule has 0 saturated carbocycles. The minimum atomic E-state index is -0.361. The fraction of sp³-hybridized carbons (Fsp3) is 0.0588. The number of amidine groups is 1. The molecule has 1 heterocycles. The molecule has 0 aromatic heterocycles. The summed E-state index contributed by atoms with van der Waals surface area (Å²) in [5.41, 5.74) is 2.76. The Kier molecular flexibility index (Phi) is 3.08. The summed E-state index contributed by atoms with van der Waals surface area (Å²) in [6, 6.07) is 13.6. The van der Waals surface area contributed by atoms with Gasteiger partial charge in [-0.05, 0) is 41.5 Å². The standard InChI is InChI=1S/C17H11FN2OS/c18-12-7-5-10(6-8-12)16(21)20-17-19-15-13-4-2-1-3-11(13)9-14(15)22-17/h1-9,15H,(H,19,20,21). The molecule has 0 fully saturated rings. The molecule has 3 nitrogen and oxygen atoms in total. The van der Waals surface area contributed by atoms with E-state index in [4.69, 9.17) is 0 Å². The van der Waals surface area contributed by atoms with Crippen LogP contribution in [0.4, 0.5) is 4.39 Å². The van der Waals surface area contributed by atoms with Crippen LogP contribution >= 0.6 is 11.8 Å². The monoisotopic (exact) mass is 310 g/mol. The first-order valence-corrected chi connectivity index (χ1v) is 7.65. The zero-order valence-corrected chi connectivity index (χ0v) is 12.2. The third-order valence-electron chi connectivity index (χ3n) is 3.65. The first-order valence-electron chi connectivity index (χ1n) is 6.84. The van der Waals surface area contributed by atoms with Crippen molar-refractivity contribution in [3.05, 3.63) is 75.9 Å². The van der Waals surface area contributed by atoms with Crippen molar-refractivity contribution in [1.29, 1.82) is 0 Å². The highest BCUT2D eigenvalue weighted by Crippen LogP contribution is 2.47. The van der Waals surface area contributed by atoms with Crippen LogP contribution in [0.15, 0.2) is 58.4 Å². The van der Waals surface area contributed by atoms with Gasteiger partial charge in [0.25, 0.3) is 5.91 Å². The summed E-state index contributed by atoms with van der Waals surface area (Å²) in [6.45, 7) is 0. The number of benzene rings is 2. The number of rotatable bonds is 1. The van der Waals surface area contributed by atoms with Gasteiger partial charge < -0.3 is 5.32 Å². The second-order valence-electron chi connectivity index (χ2n) is 5.08. The van der Waals surface area contributed by atoms with E-state index in [1.54, 1.807) is 0 Å². The third-order valence-corrected chi connectivity index (χ3v) is 4.62. The molecule has 0 spiro atoms. The van der Waals surface area contributed by atoms with Crippen molar-refractivity contribution in [1.82, 2.24) is 5.32 Å². The van der Waals surface area contributed by atoms with Crippen LogP contribution in [0.5, 0.6) is 0 Å². The minimum absolute atomic E-state index is 0.00952. The van der Waals surface area contributed by atoms with Gasteiger partial charge in [-0.3, -0.25) is 4.79 Å². The Bertz CT molecular complexity index is 827. The molecule has 22 heavy (non-hydrogen) atoms. The van der Waals surface area contributed by atoms with E-state index < -0.39 is 0 Å². The lowest BCUT2D eigenvalue weighted by Gasteiger charge is -2.04. The molecule has 1 unspecified atom stereocenters. The van der Waals surface area contributed by atoms with E-state index in [1.807, 2.05) is 12.1 Å². The van der Waals surface area contributed by atoms with E-state index in [0.717, 1.165) is 10.5 Å². The number of amides is 1. The molecule has 0 radical (unpaired) electrons. The number of carbonyl (C=O) groups excluding carboxylic acids is 1. The molecule has 1 atom stereocenters. The normalized spacial score (nSPS) is 18.3. The number of fused-ring (bicyclic) bond motifs is 3.